The van der Waals surface area contributed by atoms with Crippen LogP contribution in [0.2, 0.25) is 0 Å². The molecule has 0 aliphatic carbocycles. The maximum atomic E-state index is 13.0. The van der Waals surface area contributed by atoms with Crippen molar-refractivity contribution < 1.29 is 18.0 Å². The molecule has 1 aliphatic heterocycles. The Labute approximate surface area is 160 Å². The van der Waals surface area contributed by atoms with Crippen molar-refractivity contribution in [2.24, 2.45) is 5.73 Å². The van der Waals surface area contributed by atoms with E-state index in [1.165, 1.54) is 22.5 Å². The zero-order valence-electron chi connectivity index (χ0n) is 15.9. The second kappa shape index (κ2) is 9.29. The molecule has 0 atom stereocenters. The highest BCUT2D eigenvalue weighted by Gasteiger charge is 2.28. The van der Waals surface area contributed by atoms with E-state index in [-0.39, 0.29) is 21.9 Å². The fourth-order valence-electron chi connectivity index (χ4n) is 3.08. The van der Waals surface area contributed by atoms with Gasteiger partial charge in [0.2, 0.25) is 15.9 Å². The Balaban J connectivity index is 2.47. The number of nitrogens with two attached hydrogens (primary N) is 1. The molecule has 2 amide bonds. The fraction of sp³-hybridized carbons (Fsp3) is 0.556. The third-order valence-corrected chi connectivity index (χ3v) is 6.30. The molecule has 0 aromatic heterocycles. The first kappa shape index (κ1) is 21.3. The molecular weight excluding hydrogens is 368 g/mol. The van der Waals surface area contributed by atoms with E-state index in [1.807, 2.05) is 13.8 Å². The van der Waals surface area contributed by atoms with Gasteiger partial charge in [-0.3, -0.25) is 9.59 Å². The van der Waals surface area contributed by atoms with Crippen molar-refractivity contribution in [2.75, 3.05) is 39.3 Å². The Morgan fingerprint density at radius 1 is 1.07 bits per heavy atom. The molecule has 0 bridgehead atoms. The summed E-state index contributed by atoms with van der Waals surface area (Å²) < 4.78 is 27.3. The zero-order valence-corrected chi connectivity index (χ0v) is 16.7. The summed E-state index contributed by atoms with van der Waals surface area (Å²) in [5, 5.41) is 3.10. The van der Waals surface area contributed by atoms with Crippen LogP contribution in [0, 0.1) is 0 Å². The van der Waals surface area contributed by atoms with Crippen LogP contribution in [-0.4, -0.2) is 68.7 Å². The highest BCUT2D eigenvalue weighted by atomic mass is 32.2. The molecule has 1 aliphatic rings. The molecule has 0 saturated carbocycles. The molecule has 0 unspecified atom stereocenters. The monoisotopic (exact) mass is 396 g/mol. The molecule has 1 aromatic carbocycles. The molecule has 27 heavy (non-hydrogen) atoms. The second-order valence-electron chi connectivity index (χ2n) is 6.56. The minimum atomic E-state index is -3.81. The Morgan fingerprint density at radius 2 is 1.63 bits per heavy atom. The van der Waals surface area contributed by atoms with Gasteiger partial charge in [-0.1, -0.05) is 13.8 Å². The first-order chi connectivity index (χ1) is 12.8. The summed E-state index contributed by atoms with van der Waals surface area (Å²) in [6.45, 7) is 6.85. The first-order valence-electron chi connectivity index (χ1n) is 9.26. The maximum absolute atomic E-state index is 13.0. The van der Waals surface area contributed by atoms with E-state index in [1.54, 1.807) is 4.90 Å². The quantitative estimate of drug-likeness (QED) is 0.670. The average molecular weight is 397 g/mol. The van der Waals surface area contributed by atoms with Crippen molar-refractivity contribution >= 4 is 21.8 Å². The number of sulfonamides is 1. The maximum Gasteiger partial charge on any atom is 0.253 e. The van der Waals surface area contributed by atoms with Crippen molar-refractivity contribution in [3.05, 3.63) is 29.3 Å². The van der Waals surface area contributed by atoms with Crippen molar-refractivity contribution in [3.63, 3.8) is 0 Å². The third-order valence-electron chi connectivity index (χ3n) is 4.43. The van der Waals surface area contributed by atoms with Crippen molar-refractivity contribution in [3.8, 4) is 0 Å². The highest BCUT2D eigenvalue weighted by molar-refractivity contribution is 7.89. The van der Waals surface area contributed by atoms with Crippen LogP contribution in [0.1, 0.15) is 47.4 Å². The summed E-state index contributed by atoms with van der Waals surface area (Å²) in [6, 6.07) is 3.98. The Hall–Kier alpha value is -1.97. The van der Waals surface area contributed by atoms with Crippen LogP contribution in [0.5, 0.6) is 0 Å². The summed E-state index contributed by atoms with van der Waals surface area (Å²) >= 11 is 0. The van der Waals surface area contributed by atoms with E-state index in [0.717, 1.165) is 12.8 Å². The van der Waals surface area contributed by atoms with Crippen LogP contribution in [0.4, 0.5) is 0 Å². The number of piperazine rings is 1. The molecule has 1 heterocycles. The summed E-state index contributed by atoms with van der Waals surface area (Å²) in [6.07, 6.45) is 1.57. The molecule has 150 valence electrons. The van der Waals surface area contributed by atoms with E-state index < -0.39 is 15.9 Å². The molecule has 0 spiro atoms. The second-order valence-corrected chi connectivity index (χ2v) is 8.49. The number of benzene rings is 1. The van der Waals surface area contributed by atoms with E-state index in [0.29, 0.717) is 39.3 Å². The average Bonchev–Trinajstić information content (AvgIpc) is 2.67. The number of rotatable bonds is 8. The van der Waals surface area contributed by atoms with E-state index >= 15 is 0 Å². The van der Waals surface area contributed by atoms with Crippen LogP contribution >= 0.6 is 0 Å². The highest BCUT2D eigenvalue weighted by Crippen LogP contribution is 2.21. The first-order valence-corrected chi connectivity index (χ1v) is 10.7. The van der Waals surface area contributed by atoms with Gasteiger partial charge in [0.25, 0.3) is 5.91 Å². The van der Waals surface area contributed by atoms with E-state index in [4.69, 9.17) is 5.73 Å². The summed E-state index contributed by atoms with van der Waals surface area (Å²) in [5.74, 6) is -1.06. The standard InChI is InChI=1S/C18H28N4O4S/c1-3-7-21(8-4-2)18(24)15-11-14(17(19)23)12-16(13-15)27(25,26)22-9-5-20-6-10-22/h11-13,20H,3-10H2,1-2H3,(H2,19,23). The molecule has 1 aromatic rings. The minimum Gasteiger partial charge on any atom is -0.366 e. The topological polar surface area (TPSA) is 113 Å². The van der Waals surface area contributed by atoms with Gasteiger partial charge in [-0.2, -0.15) is 4.31 Å². The van der Waals surface area contributed by atoms with Gasteiger partial charge in [-0.25, -0.2) is 8.42 Å². The van der Waals surface area contributed by atoms with Gasteiger partial charge >= 0.3 is 0 Å². The number of primary amides is 1. The molecule has 3 N–H and O–H groups in total. The lowest BCUT2D eigenvalue weighted by molar-refractivity contribution is 0.0755. The Kier molecular flexibility index (Phi) is 7.34. The summed E-state index contributed by atoms with van der Waals surface area (Å²) in [4.78, 5) is 26.2. The zero-order chi connectivity index (χ0) is 20.0. The molecule has 1 fully saturated rings. The number of nitrogens with one attached hydrogen (secondary N) is 1. The van der Waals surface area contributed by atoms with Crippen molar-refractivity contribution in [1.29, 1.82) is 0 Å². The molecular formula is C18H28N4O4S. The van der Waals surface area contributed by atoms with Crippen LogP contribution in [0.3, 0.4) is 0 Å². The molecule has 8 nitrogen and oxygen atoms in total. The van der Waals surface area contributed by atoms with Crippen LogP contribution in [0.15, 0.2) is 23.1 Å². The normalized spacial score (nSPS) is 15.5. The number of carbonyl (C=O) groups excluding carboxylic acids is 2. The number of carbonyl (C=O) groups is 2. The Morgan fingerprint density at radius 3 is 2.15 bits per heavy atom. The van der Waals surface area contributed by atoms with Gasteiger partial charge in [-0.05, 0) is 31.0 Å². The van der Waals surface area contributed by atoms with Crippen LogP contribution in [-0.2, 0) is 10.0 Å². The lowest BCUT2D eigenvalue weighted by Crippen LogP contribution is -2.46. The lowest BCUT2D eigenvalue weighted by atomic mass is 10.1. The van der Waals surface area contributed by atoms with E-state index in [2.05, 4.69) is 5.32 Å². The smallest absolute Gasteiger partial charge is 0.253 e. The van der Waals surface area contributed by atoms with Crippen LogP contribution in [0.25, 0.3) is 0 Å². The fourth-order valence-corrected chi connectivity index (χ4v) is 4.60. The van der Waals surface area contributed by atoms with Gasteiger partial charge < -0.3 is 16.0 Å². The summed E-state index contributed by atoms with van der Waals surface area (Å²) in [7, 11) is -3.81. The molecule has 1 saturated heterocycles. The van der Waals surface area contributed by atoms with Crippen LogP contribution < -0.4 is 11.1 Å². The predicted octanol–water partition coefficient (Wildman–Crippen LogP) is 0.642. The molecule has 2 rings (SSSR count). The van der Waals surface area contributed by atoms with Gasteiger partial charge in [0.15, 0.2) is 0 Å². The lowest BCUT2D eigenvalue weighted by Gasteiger charge is -2.27. The minimum absolute atomic E-state index is 0.0162. The van der Waals surface area contributed by atoms with Gasteiger partial charge in [0.1, 0.15) is 0 Å². The third kappa shape index (κ3) is 5.06. The number of hydrogen-bond donors (Lipinski definition) is 2. The summed E-state index contributed by atoms with van der Waals surface area (Å²) in [5.41, 5.74) is 5.57. The molecule has 9 heteroatoms. The van der Waals surface area contributed by atoms with Gasteiger partial charge in [0, 0.05) is 50.4 Å². The van der Waals surface area contributed by atoms with Gasteiger partial charge in [0.05, 0.1) is 4.90 Å². The van der Waals surface area contributed by atoms with Gasteiger partial charge in [-0.15, -0.1) is 0 Å². The van der Waals surface area contributed by atoms with Crippen molar-refractivity contribution in [2.45, 2.75) is 31.6 Å². The predicted molar refractivity (Wildman–Crippen MR) is 103 cm³/mol. The number of hydrogen-bond acceptors (Lipinski definition) is 5. The largest absolute Gasteiger partial charge is 0.366 e. The van der Waals surface area contributed by atoms with E-state index in [9.17, 15) is 18.0 Å². The SMILES string of the molecule is CCCN(CCC)C(=O)c1cc(C(N)=O)cc(S(=O)(=O)N2CCNCC2)c1. The number of amides is 2. The Bertz CT molecular complexity index is 783. The number of nitrogens with zero attached hydrogens (tertiary/aromatic N) is 2. The van der Waals surface area contributed by atoms with Crippen molar-refractivity contribution in [1.82, 2.24) is 14.5 Å². The molecule has 0 radical (unpaired) electrons.